The van der Waals surface area contributed by atoms with E-state index in [-0.39, 0.29) is 90.7 Å². The molecule has 0 aliphatic heterocycles. The number of hydrogen-bond donors (Lipinski definition) is 0. The quantitative estimate of drug-likeness (QED) is 0.0769. The third-order valence-electron chi connectivity index (χ3n) is 9.49. The summed E-state index contributed by atoms with van der Waals surface area (Å²) in [6.07, 6.45) is 1.36. The third-order valence-corrected chi connectivity index (χ3v) is 10.3. The Kier molecular flexibility index (Phi) is 8.86. The largest absolute Gasteiger partial charge is 0.446 e. The molecule has 0 amide bonds. The van der Waals surface area contributed by atoms with Crippen LogP contribution in [-0.4, -0.2) is 25.4 Å². The number of alkyl halides is 3. The maximum Gasteiger partial charge on any atom is 0.446 e. The lowest BCUT2D eigenvalue weighted by molar-refractivity contribution is -0.0330. The maximum absolute atomic E-state index is 15.3. The van der Waals surface area contributed by atoms with E-state index in [1.165, 1.54) is 0 Å². The fourth-order valence-electron chi connectivity index (χ4n) is 7.11. The van der Waals surface area contributed by atoms with E-state index in [2.05, 4.69) is 29.6 Å². The third kappa shape index (κ3) is 5.44. The van der Waals surface area contributed by atoms with Crippen LogP contribution in [0.15, 0.2) is 17.3 Å². The van der Waals surface area contributed by atoms with Gasteiger partial charge in [-0.1, -0.05) is 0 Å². The van der Waals surface area contributed by atoms with Crippen LogP contribution in [-0.2, 0) is 12.8 Å². The molecule has 276 valence electrons. The van der Waals surface area contributed by atoms with Crippen molar-refractivity contribution in [3.8, 4) is 57.2 Å². The van der Waals surface area contributed by atoms with Crippen LogP contribution in [0.1, 0.15) is 39.2 Å². The number of aromatic nitrogens is 4. The Morgan fingerprint density at radius 3 is 1.43 bits per heavy atom. The highest BCUT2D eigenvalue weighted by molar-refractivity contribution is 8.00. The van der Waals surface area contributed by atoms with E-state index >= 15 is 17.6 Å². The lowest BCUT2D eigenvalue weighted by Crippen LogP contribution is -2.26. The number of rotatable bonds is 3. The van der Waals surface area contributed by atoms with E-state index < -0.39 is 85.3 Å². The van der Waals surface area contributed by atoms with E-state index in [1.54, 1.807) is 0 Å². The molecule has 2 heterocycles. The molecule has 0 bridgehead atoms. The Balaban J connectivity index is 1.50. The summed E-state index contributed by atoms with van der Waals surface area (Å²) in [5, 5.41) is 20.2. The summed E-state index contributed by atoms with van der Waals surface area (Å²) in [7, 11) is 0. The summed E-state index contributed by atoms with van der Waals surface area (Å²) >= 11 is -0.942. The van der Waals surface area contributed by atoms with Gasteiger partial charge in [-0.05, 0) is 54.8 Å². The fourth-order valence-corrected chi connectivity index (χ4v) is 7.83. The average Bonchev–Trinajstić information content (AvgIpc) is 3.73. The number of fused-ring (bicyclic) bond motifs is 6. The number of hydrogen-bond acceptors (Lipinski definition) is 7. The van der Waals surface area contributed by atoms with E-state index in [0.29, 0.717) is 0 Å². The minimum atomic E-state index is -4.99. The molecular formula is C38H15F9N8S. The van der Waals surface area contributed by atoms with Gasteiger partial charge in [0.1, 0.15) is 11.6 Å². The van der Waals surface area contributed by atoms with Crippen molar-refractivity contribution in [3.63, 3.8) is 0 Å². The van der Waals surface area contributed by atoms with Crippen LogP contribution in [0.25, 0.3) is 66.1 Å². The van der Waals surface area contributed by atoms with Crippen LogP contribution in [0.4, 0.5) is 39.5 Å². The molecule has 8 nitrogen and oxygen atoms in total. The normalized spacial score (nSPS) is 13.4. The zero-order valence-corrected chi connectivity index (χ0v) is 29.3. The first-order chi connectivity index (χ1) is 26.5. The summed E-state index contributed by atoms with van der Waals surface area (Å²) in [6, 6.07) is 3.62. The van der Waals surface area contributed by atoms with Gasteiger partial charge in [0.2, 0.25) is 0 Å². The lowest BCUT2D eigenvalue weighted by Gasteiger charge is -2.17. The molecule has 0 saturated heterocycles. The van der Waals surface area contributed by atoms with Gasteiger partial charge in [0.15, 0.2) is 23.3 Å². The van der Waals surface area contributed by atoms with Crippen molar-refractivity contribution in [3.05, 3.63) is 120 Å². The van der Waals surface area contributed by atoms with E-state index in [9.17, 15) is 32.5 Å². The molecule has 7 rings (SSSR count). The first-order valence-corrected chi connectivity index (χ1v) is 16.6. The molecule has 0 spiro atoms. The van der Waals surface area contributed by atoms with Gasteiger partial charge in [0.05, 0.1) is 82.3 Å². The number of halogens is 9. The topological polar surface area (TPSA) is 108 Å². The zero-order valence-electron chi connectivity index (χ0n) is 28.5. The summed E-state index contributed by atoms with van der Waals surface area (Å²) in [5.41, 5.74) is -9.17. The molecule has 2 aliphatic carbocycles. The molecule has 0 atom stereocenters. The molecule has 0 unspecified atom stereocenters. The molecule has 18 heteroatoms. The Hall–Kier alpha value is -6.76. The van der Waals surface area contributed by atoms with Crippen LogP contribution in [0.5, 0.6) is 0 Å². The molecule has 0 fully saturated rings. The highest BCUT2D eigenvalue weighted by Gasteiger charge is 2.37. The number of benzene rings is 3. The summed E-state index contributed by atoms with van der Waals surface area (Å²) < 4.78 is 129. The minimum absolute atomic E-state index is 0.0364. The molecule has 0 saturated carbocycles. The molecule has 2 aromatic heterocycles. The van der Waals surface area contributed by atoms with Gasteiger partial charge in [-0.15, -0.1) is 0 Å². The van der Waals surface area contributed by atoms with E-state index in [1.807, 2.05) is 12.1 Å². The molecule has 0 N–H and O–H groups in total. The van der Waals surface area contributed by atoms with Crippen LogP contribution in [0, 0.1) is 91.5 Å². The van der Waals surface area contributed by atoms with Crippen molar-refractivity contribution < 1.29 is 39.5 Å². The van der Waals surface area contributed by atoms with Crippen LogP contribution < -0.4 is 10.4 Å². The summed E-state index contributed by atoms with van der Waals surface area (Å²) in [4.78, 5) is 23.1. The molecule has 0 radical (unpaired) electrons. The predicted octanol–water partition coefficient (Wildman–Crippen LogP) is 8.22. The SMILES string of the molecule is [C-]#[N+]/C(C#N)=c1/c2c(/c(=C(\C#N)[N+]#[C-])c3c1-c1ncc(-c4c(F)c(F)c(C)c(F)c4F)nc1C3)-c1ncc(-c3c(C)c(F)c(SC(F)(F)F)c(F)c3C)nc1C2. The monoisotopic (exact) mass is 786 g/mol. The second-order valence-electron chi connectivity index (χ2n) is 12.4. The van der Waals surface area contributed by atoms with Gasteiger partial charge in [0, 0.05) is 45.5 Å². The van der Waals surface area contributed by atoms with Crippen molar-refractivity contribution >= 4 is 23.2 Å². The minimum Gasteiger partial charge on any atom is -0.252 e. The first-order valence-electron chi connectivity index (χ1n) is 15.8. The Bertz CT molecular complexity index is 2900. The predicted molar refractivity (Wildman–Crippen MR) is 181 cm³/mol. The zero-order chi connectivity index (χ0) is 40.7. The van der Waals surface area contributed by atoms with Gasteiger partial charge in [0.25, 0.3) is 11.4 Å². The number of thioether (sulfide) groups is 1. The molecule has 3 aromatic carbocycles. The Morgan fingerprint density at radius 1 is 0.643 bits per heavy atom. The fraction of sp³-hybridized carbons (Fsp3) is 0.158. The van der Waals surface area contributed by atoms with Gasteiger partial charge in [-0.2, -0.15) is 13.2 Å². The van der Waals surface area contributed by atoms with Crippen LogP contribution in [0.3, 0.4) is 0 Å². The van der Waals surface area contributed by atoms with Gasteiger partial charge >= 0.3 is 5.51 Å². The Labute approximate surface area is 313 Å². The second-order valence-corrected chi connectivity index (χ2v) is 13.5. The highest BCUT2D eigenvalue weighted by Crippen LogP contribution is 2.45. The van der Waals surface area contributed by atoms with Crippen molar-refractivity contribution in [2.45, 2.75) is 44.0 Å². The molecule has 2 aliphatic rings. The number of nitrogens with zero attached hydrogens (tertiary/aromatic N) is 8. The Morgan fingerprint density at radius 2 is 1.05 bits per heavy atom. The average molecular weight is 787 g/mol. The summed E-state index contributed by atoms with van der Waals surface area (Å²) in [5.74, 6) is -9.68. The first kappa shape index (κ1) is 37.6. The van der Waals surface area contributed by atoms with Crippen molar-refractivity contribution in [1.29, 1.82) is 10.5 Å². The van der Waals surface area contributed by atoms with Crippen LogP contribution >= 0.6 is 11.8 Å². The van der Waals surface area contributed by atoms with Gasteiger partial charge in [-0.3, -0.25) is 9.97 Å². The van der Waals surface area contributed by atoms with Crippen LogP contribution in [0.2, 0.25) is 0 Å². The molecule has 56 heavy (non-hydrogen) atoms. The van der Waals surface area contributed by atoms with Gasteiger partial charge < -0.3 is 0 Å². The standard InChI is InChI=1S/C38H15F9N8S/c1-12-23(13(2)32(42)37(31(12)41)56-38(45,46)47)21-10-52-35-17(54-21)6-15-24(19(8-48)50-4)27-16(25(26(15)35)20(9-49)51-5)7-18-36(27)53-11-22(55-18)28-33(43)29(39)14(3)30(40)34(28)44/h10-11H,6-7H2,1-3H3/b24-19-,25-20+. The highest BCUT2D eigenvalue weighted by atomic mass is 32.2. The molecule has 5 aromatic rings. The van der Waals surface area contributed by atoms with Crippen molar-refractivity contribution in [2.75, 3.05) is 0 Å². The smallest absolute Gasteiger partial charge is 0.252 e. The van der Waals surface area contributed by atoms with Crippen molar-refractivity contribution in [1.82, 2.24) is 19.9 Å². The second kappa shape index (κ2) is 13.2. The number of nitriles is 2. The molecular weight excluding hydrogens is 772 g/mol. The van der Waals surface area contributed by atoms with Crippen molar-refractivity contribution in [2.24, 2.45) is 0 Å². The van der Waals surface area contributed by atoms with E-state index in [4.69, 9.17) is 13.1 Å². The van der Waals surface area contributed by atoms with E-state index in [0.717, 1.165) is 33.2 Å². The van der Waals surface area contributed by atoms with Gasteiger partial charge in [-0.25, -0.2) is 56.5 Å². The summed E-state index contributed by atoms with van der Waals surface area (Å²) in [6.45, 7) is 18.8. The maximum atomic E-state index is 15.3. The lowest BCUT2D eigenvalue weighted by atomic mass is 9.92.